The molecule has 2 aromatic rings. The first-order valence-electron chi connectivity index (χ1n) is 9.40. The van der Waals surface area contributed by atoms with Gasteiger partial charge in [-0.15, -0.1) is 0 Å². The molecule has 3 atom stereocenters. The number of fused-ring (bicyclic) bond motifs is 5. The van der Waals surface area contributed by atoms with E-state index in [1.54, 1.807) is 0 Å². The van der Waals surface area contributed by atoms with Crippen LogP contribution in [0.4, 0.5) is 0 Å². The summed E-state index contributed by atoms with van der Waals surface area (Å²) in [5.41, 5.74) is 8.43. The van der Waals surface area contributed by atoms with Crippen LogP contribution in [0.3, 0.4) is 0 Å². The smallest absolute Gasteiger partial charge is 0.0536 e. The molecular weight excluding hydrogens is 324 g/mol. The molecule has 0 radical (unpaired) electrons. The minimum absolute atomic E-state index is 0.0514. The quantitative estimate of drug-likeness (QED) is 0.670. The molecule has 2 aliphatic heterocycles. The summed E-state index contributed by atoms with van der Waals surface area (Å²) in [5, 5.41) is 0.651. The minimum Gasteiger partial charge on any atom is -0.259 e. The highest BCUT2D eigenvalue weighted by Crippen LogP contribution is 2.49. The van der Waals surface area contributed by atoms with Crippen LogP contribution in [0.1, 0.15) is 56.2 Å². The molecule has 25 heavy (non-hydrogen) atoms. The van der Waals surface area contributed by atoms with Gasteiger partial charge < -0.3 is 0 Å². The lowest BCUT2D eigenvalue weighted by Crippen LogP contribution is -2.33. The van der Waals surface area contributed by atoms with Crippen LogP contribution in [0.2, 0.25) is 0 Å². The Balaban J connectivity index is 1.61. The van der Waals surface area contributed by atoms with Gasteiger partial charge >= 0.3 is 0 Å². The average Bonchev–Trinajstić information content (AvgIpc) is 2.83. The van der Waals surface area contributed by atoms with Crippen LogP contribution >= 0.6 is 0 Å². The Hall–Kier alpha value is -1.67. The van der Waals surface area contributed by atoms with Crippen LogP contribution in [0.15, 0.2) is 48.5 Å². The third kappa shape index (κ3) is 2.23. The number of benzene rings is 2. The second-order valence-corrected chi connectivity index (χ2v) is 10.2. The van der Waals surface area contributed by atoms with Crippen LogP contribution in [-0.2, 0) is 16.2 Å². The summed E-state index contributed by atoms with van der Waals surface area (Å²) in [4.78, 5) is 0. The Morgan fingerprint density at radius 2 is 1.80 bits per heavy atom. The second-order valence-electron chi connectivity index (χ2n) is 8.25. The highest BCUT2D eigenvalue weighted by atomic mass is 32.2. The van der Waals surface area contributed by atoms with E-state index in [2.05, 4.69) is 62.4 Å². The van der Waals surface area contributed by atoms with Gasteiger partial charge in [0.05, 0.1) is 5.25 Å². The molecule has 5 rings (SSSR count). The van der Waals surface area contributed by atoms with E-state index in [0.717, 1.165) is 19.3 Å². The minimum atomic E-state index is -0.654. The topological polar surface area (TPSA) is 17.1 Å². The van der Waals surface area contributed by atoms with Crippen molar-refractivity contribution in [1.29, 1.82) is 0 Å². The number of hydrogen-bond donors (Lipinski definition) is 0. The van der Waals surface area contributed by atoms with Crippen LogP contribution in [-0.4, -0.2) is 14.7 Å². The molecule has 0 N–H and O–H groups in total. The van der Waals surface area contributed by atoms with E-state index in [1.165, 1.54) is 39.8 Å². The molecule has 3 aliphatic rings. The molecule has 3 unspecified atom stereocenters. The SMILES string of the molecule is CC1(C)c2ccccc2-c2ccc(C3=CC4CCCC(C3)S4=O)cc21. The van der Waals surface area contributed by atoms with Crippen LogP contribution in [0, 0.1) is 0 Å². The van der Waals surface area contributed by atoms with Gasteiger partial charge in [0.1, 0.15) is 0 Å². The lowest BCUT2D eigenvalue weighted by Gasteiger charge is -2.33. The summed E-state index contributed by atoms with van der Waals surface area (Å²) in [6.07, 6.45) is 6.76. The Morgan fingerprint density at radius 1 is 1.00 bits per heavy atom. The van der Waals surface area contributed by atoms with E-state index in [4.69, 9.17) is 0 Å². The summed E-state index contributed by atoms with van der Waals surface area (Å²) in [7, 11) is -0.654. The number of hydrogen-bond acceptors (Lipinski definition) is 1. The van der Waals surface area contributed by atoms with Crippen molar-refractivity contribution in [3.63, 3.8) is 0 Å². The van der Waals surface area contributed by atoms with Gasteiger partial charge in [-0.25, -0.2) is 0 Å². The van der Waals surface area contributed by atoms with Gasteiger partial charge in [-0.1, -0.05) is 62.7 Å². The Bertz CT molecular complexity index is 921. The first-order valence-corrected chi connectivity index (χ1v) is 10.7. The normalized spacial score (nSPS) is 28.9. The lowest BCUT2D eigenvalue weighted by atomic mass is 9.81. The molecule has 1 nitrogen and oxygen atoms in total. The van der Waals surface area contributed by atoms with Crippen molar-refractivity contribution >= 4 is 16.4 Å². The molecule has 0 amide bonds. The van der Waals surface area contributed by atoms with Crippen molar-refractivity contribution in [2.45, 2.75) is 55.4 Å². The van der Waals surface area contributed by atoms with E-state index >= 15 is 0 Å². The summed E-state index contributed by atoms with van der Waals surface area (Å²) >= 11 is 0. The lowest BCUT2D eigenvalue weighted by molar-refractivity contribution is 0.579. The third-order valence-corrected chi connectivity index (χ3v) is 8.46. The monoisotopic (exact) mass is 348 g/mol. The average molecular weight is 349 g/mol. The molecule has 1 fully saturated rings. The van der Waals surface area contributed by atoms with Gasteiger partial charge in [-0.3, -0.25) is 4.21 Å². The summed E-state index contributed by atoms with van der Waals surface area (Å²) in [6, 6.07) is 15.8. The molecule has 2 heteroatoms. The zero-order valence-corrected chi connectivity index (χ0v) is 15.7. The maximum atomic E-state index is 12.5. The molecule has 1 aliphatic carbocycles. The molecule has 0 spiro atoms. The fourth-order valence-corrected chi connectivity index (χ4v) is 6.95. The zero-order chi connectivity index (χ0) is 17.2. The highest BCUT2D eigenvalue weighted by Gasteiger charge is 2.37. The Kier molecular flexibility index (Phi) is 3.37. The fourth-order valence-electron chi connectivity index (χ4n) is 5.02. The molecule has 2 heterocycles. The molecule has 128 valence electrons. The van der Waals surface area contributed by atoms with Gasteiger partial charge in [-0.05, 0) is 58.7 Å². The predicted molar refractivity (Wildman–Crippen MR) is 106 cm³/mol. The maximum Gasteiger partial charge on any atom is 0.0536 e. The summed E-state index contributed by atoms with van der Waals surface area (Å²) in [5.74, 6) is 0. The van der Waals surface area contributed by atoms with Crippen molar-refractivity contribution in [3.05, 3.63) is 65.2 Å². The first kappa shape index (κ1) is 15.6. The van der Waals surface area contributed by atoms with E-state index in [-0.39, 0.29) is 10.7 Å². The van der Waals surface area contributed by atoms with Gasteiger partial charge in [0.2, 0.25) is 0 Å². The second kappa shape index (κ2) is 5.41. The van der Waals surface area contributed by atoms with Crippen molar-refractivity contribution in [2.75, 3.05) is 0 Å². The van der Waals surface area contributed by atoms with Crippen molar-refractivity contribution in [3.8, 4) is 11.1 Å². The fraction of sp³-hybridized carbons (Fsp3) is 0.391. The standard InChI is InChI=1S/C23H24OS/c1-23(2)21-9-4-3-8-19(21)20-11-10-15(14-22(20)23)16-12-17-6-5-7-18(13-16)25(17)24/h3-4,8-12,14,17-18H,5-7,13H2,1-2H3. The highest BCUT2D eigenvalue weighted by molar-refractivity contribution is 7.86. The first-order chi connectivity index (χ1) is 12.1. The number of allylic oxidation sites excluding steroid dienone is 1. The van der Waals surface area contributed by atoms with Crippen molar-refractivity contribution < 1.29 is 4.21 Å². The van der Waals surface area contributed by atoms with Crippen LogP contribution in [0.5, 0.6) is 0 Å². The van der Waals surface area contributed by atoms with Crippen molar-refractivity contribution in [2.24, 2.45) is 0 Å². The maximum absolute atomic E-state index is 12.5. The van der Waals surface area contributed by atoms with Crippen molar-refractivity contribution in [1.82, 2.24) is 0 Å². The molecule has 2 aromatic carbocycles. The predicted octanol–water partition coefficient (Wildman–Crippen LogP) is 5.45. The molecule has 0 aromatic heterocycles. The molecule has 1 saturated heterocycles. The van der Waals surface area contributed by atoms with E-state index < -0.39 is 10.8 Å². The molecule has 2 bridgehead atoms. The molecule has 0 saturated carbocycles. The Labute approximate surface area is 152 Å². The van der Waals surface area contributed by atoms with Gasteiger partial charge in [0.25, 0.3) is 0 Å². The van der Waals surface area contributed by atoms with E-state index in [0.29, 0.717) is 5.25 Å². The van der Waals surface area contributed by atoms with Gasteiger partial charge in [0, 0.05) is 21.5 Å². The largest absolute Gasteiger partial charge is 0.259 e. The van der Waals surface area contributed by atoms with Crippen LogP contribution < -0.4 is 0 Å². The Morgan fingerprint density at radius 3 is 2.64 bits per heavy atom. The van der Waals surface area contributed by atoms with Gasteiger partial charge in [-0.2, -0.15) is 0 Å². The van der Waals surface area contributed by atoms with Crippen LogP contribution in [0.25, 0.3) is 16.7 Å². The third-order valence-electron chi connectivity index (χ3n) is 6.43. The van der Waals surface area contributed by atoms with Gasteiger partial charge in [0.15, 0.2) is 0 Å². The number of rotatable bonds is 1. The summed E-state index contributed by atoms with van der Waals surface area (Å²) in [6.45, 7) is 4.67. The van der Waals surface area contributed by atoms with E-state index in [1.807, 2.05) is 0 Å². The van der Waals surface area contributed by atoms with E-state index in [9.17, 15) is 4.21 Å². The molecular formula is C23H24OS. The summed E-state index contributed by atoms with van der Waals surface area (Å²) < 4.78 is 12.5. The zero-order valence-electron chi connectivity index (χ0n) is 14.9.